The first-order valence-electron chi connectivity index (χ1n) is 7.75. The first-order chi connectivity index (χ1) is 10.7. The third-order valence-electron chi connectivity index (χ3n) is 4.17. The Kier molecular flexibility index (Phi) is 4.93. The lowest BCUT2D eigenvalue weighted by atomic mass is 10.0. The van der Waals surface area contributed by atoms with Gasteiger partial charge in [0.2, 0.25) is 5.91 Å². The van der Waals surface area contributed by atoms with E-state index in [2.05, 4.69) is 21.8 Å². The van der Waals surface area contributed by atoms with Crippen molar-refractivity contribution in [2.75, 3.05) is 12.3 Å². The maximum atomic E-state index is 12.5. The monoisotopic (exact) mass is 337 g/mol. The van der Waals surface area contributed by atoms with Crippen LogP contribution in [0.15, 0.2) is 23.4 Å². The number of nitrogens with zero attached hydrogens (tertiary/aromatic N) is 2. The maximum absolute atomic E-state index is 12.5. The Balaban J connectivity index is 1.64. The molecule has 1 amide bonds. The normalized spacial score (nSPS) is 18.8. The van der Waals surface area contributed by atoms with Gasteiger partial charge in [0.05, 0.1) is 16.8 Å². The summed E-state index contributed by atoms with van der Waals surface area (Å²) in [6, 6.07) is 5.98. The molecule has 118 valence electrons. The molecule has 0 spiro atoms. The number of thioether (sulfide) groups is 1. The molecule has 22 heavy (non-hydrogen) atoms. The van der Waals surface area contributed by atoms with E-state index in [1.54, 1.807) is 0 Å². The van der Waals surface area contributed by atoms with Gasteiger partial charge in [-0.2, -0.15) is 0 Å². The number of hydrogen-bond donors (Lipinski definition) is 1. The summed E-state index contributed by atoms with van der Waals surface area (Å²) in [5, 5.41) is 1.46. The zero-order chi connectivity index (χ0) is 15.5. The van der Waals surface area contributed by atoms with E-state index in [-0.39, 0.29) is 5.91 Å². The minimum atomic E-state index is 0.218. The molecule has 1 aliphatic heterocycles. The fourth-order valence-corrected chi connectivity index (χ4v) is 3.94. The summed E-state index contributed by atoms with van der Waals surface area (Å²) < 4.78 is 0. The second-order valence-electron chi connectivity index (χ2n) is 5.64. The number of likely N-dealkylation sites (tertiary alicyclic amines) is 1. The van der Waals surface area contributed by atoms with Gasteiger partial charge in [0.15, 0.2) is 5.16 Å². The highest BCUT2D eigenvalue weighted by Gasteiger charge is 2.25. The van der Waals surface area contributed by atoms with Gasteiger partial charge in [-0.3, -0.25) is 4.79 Å². The highest BCUT2D eigenvalue weighted by molar-refractivity contribution is 7.99. The number of nitrogens with one attached hydrogen (secondary N) is 1. The van der Waals surface area contributed by atoms with Gasteiger partial charge in [0, 0.05) is 17.6 Å². The molecule has 4 nitrogen and oxygen atoms in total. The van der Waals surface area contributed by atoms with Gasteiger partial charge in [-0.25, -0.2) is 4.98 Å². The largest absolute Gasteiger partial charge is 0.339 e. The number of fused-ring (bicyclic) bond motifs is 1. The number of aromatic amines is 1. The van der Waals surface area contributed by atoms with Crippen molar-refractivity contribution in [1.29, 1.82) is 0 Å². The Hall–Kier alpha value is -1.20. The minimum Gasteiger partial charge on any atom is -0.339 e. The van der Waals surface area contributed by atoms with Gasteiger partial charge >= 0.3 is 0 Å². The molecule has 1 aliphatic rings. The lowest BCUT2D eigenvalue weighted by Crippen LogP contribution is -2.44. The molecule has 3 rings (SSSR count). The Morgan fingerprint density at radius 2 is 2.36 bits per heavy atom. The lowest BCUT2D eigenvalue weighted by molar-refractivity contribution is -0.132. The number of carbonyl (C=O) groups excluding carboxylic acids is 1. The van der Waals surface area contributed by atoms with Crippen molar-refractivity contribution in [3.63, 3.8) is 0 Å². The first kappa shape index (κ1) is 15.7. The second kappa shape index (κ2) is 6.92. The number of aromatic nitrogens is 2. The SMILES string of the molecule is CC[C@@H]1CCCCN1C(=O)CSc1nc2ccc(Cl)cc2[nH]1. The van der Waals surface area contributed by atoms with Crippen LogP contribution in [-0.4, -0.2) is 39.1 Å². The van der Waals surface area contributed by atoms with Crippen LogP contribution in [0, 0.1) is 0 Å². The Labute approximate surface area is 139 Å². The number of piperidine rings is 1. The number of halogens is 1. The van der Waals surface area contributed by atoms with Gasteiger partial charge in [0.1, 0.15) is 0 Å². The Bertz CT molecular complexity index is 672. The molecule has 0 aliphatic carbocycles. The van der Waals surface area contributed by atoms with E-state index in [1.165, 1.54) is 18.2 Å². The third-order valence-corrected chi connectivity index (χ3v) is 5.27. The van der Waals surface area contributed by atoms with Crippen molar-refractivity contribution in [3.05, 3.63) is 23.2 Å². The maximum Gasteiger partial charge on any atom is 0.233 e. The molecule has 1 saturated heterocycles. The third kappa shape index (κ3) is 3.41. The zero-order valence-electron chi connectivity index (χ0n) is 12.6. The number of hydrogen-bond acceptors (Lipinski definition) is 3. The number of benzene rings is 1. The molecule has 2 aromatic rings. The van der Waals surface area contributed by atoms with Crippen LogP contribution < -0.4 is 0 Å². The van der Waals surface area contributed by atoms with Gasteiger partial charge in [-0.05, 0) is 43.9 Å². The van der Waals surface area contributed by atoms with E-state index in [9.17, 15) is 4.79 Å². The van der Waals surface area contributed by atoms with Crippen LogP contribution in [0.25, 0.3) is 11.0 Å². The quantitative estimate of drug-likeness (QED) is 0.854. The van der Waals surface area contributed by atoms with Gasteiger partial charge in [-0.15, -0.1) is 0 Å². The topological polar surface area (TPSA) is 49.0 Å². The molecular weight excluding hydrogens is 318 g/mol. The molecule has 1 atom stereocenters. The summed E-state index contributed by atoms with van der Waals surface area (Å²) in [6.07, 6.45) is 4.53. The van der Waals surface area contributed by atoms with Crippen LogP contribution >= 0.6 is 23.4 Å². The number of H-pyrrole nitrogens is 1. The summed E-state index contributed by atoms with van der Waals surface area (Å²) in [5.41, 5.74) is 1.79. The van der Waals surface area contributed by atoms with Gasteiger partial charge < -0.3 is 9.88 Å². The zero-order valence-corrected chi connectivity index (χ0v) is 14.2. The number of imidazole rings is 1. The fraction of sp³-hybridized carbons (Fsp3) is 0.500. The average Bonchev–Trinajstić information content (AvgIpc) is 2.94. The van der Waals surface area contributed by atoms with E-state index in [1.807, 2.05) is 18.2 Å². The van der Waals surface area contributed by atoms with E-state index in [0.29, 0.717) is 16.8 Å². The average molecular weight is 338 g/mol. The number of rotatable bonds is 4. The molecule has 1 aromatic heterocycles. The van der Waals surface area contributed by atoms with Crippen molar-refractivity contribution in [1.82, 2.24) is 14.9 Å². The molecular formula is C16H20ClN3OS. The summed E-state index contributed by atoms with van der Waals surface area (Å²) in [7, 11) is 0. The van der Waals surface area contributed by atoms with Crippen LogP contribution in [-0.2, 0) is 4.79 Å². The minimum absolute atomic E-state index is 0.218. The Morgan fingerprint density at radius 3 is 3.18 bits per heavy atom. The van der Waals surface area contributed by atoms with E-state index in [4.69, 9.17) is 11.6 Å². The van der Waals surface area contributed by atoms with E-state index in [0.717, 1.165) is 42.0 Å². The molecule has 0 saturated carbocycles. The van der Waals surface area contributed by atoms with Crippen molar-refractivity contribution in [3.8, 4) is 0 Å². The molecule has 1 fully saturated rings. The van der Waals surface area contributed by atoms with Crippen LogP contribution in [0.1, 0.15) is 32.6 Å². The summed E-state index contributed by atoms with van der Waals surface area (Å²) >= 11 is 7.44. The molecule has 2 heterocycles. The smallest absolute Gasteiger partial charge is 0.233 e. The van der Waals surface area contributed by atoms with E-state index < -0.39 is 0 Å². The lowest BCUT2D eigenvalue weighted by Gasteiger charge is -2.35. The summed E-state index contributed by atoms with van der Waals surface area (Å²) in [5.74, 6) is 0.652. The van der Waals surface area contributed by atoms with E-state index >= 15 is 0 Å². The van der Waals surface area contributed by atoms with Crippen LogP contribution in [0.4, 0.5) is 0 Å². The van der Waals surface area contributed by atoms with Gasteiger partial charge in [-0.1, -0.05) is 30.3 Å². The first-order valence-corrected chi connectivity index (χ1v) is 9.11. The van der Waals surface area contributed by atoms with Crippen molar-refractivity contribution < 1.29 is 4.79 Å². The van der Waals surface area contributed by atoms with Gasteiger partial charge in [0.25, 0.3) is 0 Å². The molecule has 0 radical (unpaired) electrons. The number of carbonyl (C=O) groups is 1. The molecule has 1 N–H and O–H groups in total. The standard InChI is InChI=1S/C16H20ClN3OS/c1-2-12-5-3-4-8-20(12)15(21)10-22-16-18-13-7-6-11(17)9-14(13)19-16/h6-7,9,12H,2-5,8,10H2,1H3,(H,18,19)/t12-/m1/s1. The Morgan fingerprint density at radius 1 is 1.50 bits per heavy atom. The highest BCUT2D eigenvalue weighted by atomic mass is 35.5. The van der Waals surface area contributed by atoms with Crippen LogP contribution in [0.3, 0.4) is 0 Å². The molecule has 0 bridgehead atoms. The van der Waals surface area contributed by atoms with Crippen molar-refractivity contribution >= 4 is 40.3 Å². The molecule has 0 unspecified atom stereocenters. The summed E-state index contributed by atoms with van der Waals surface area (Å²) in [6.45, 7) is 3.06. The van der Waals surface area contributed by atoms with Crippen LogP contribution in [0.5, 0.6) is 0 Å². The number of amides is 1. The van der Waals surface area contributed by atoms with Crippen molar-refractivity contribution in [2.24, 2.45) is 0 Å². The van der Waals surface area contributed by atoms with Crippen LogP contribution in [0.2, 0.25) is 5.02 Å². The second-order valence-corrected chi connectivity index (χ2v) is 7.04. The predicted octanol–water partition coefficient (Wildman–Crippen LogP) is 4.10. The molecule has 1 aromatic carbocycles. The van der Waals surface area contributed by atoms with Crippen molar-refractivity contribution in [2.45, 2.75) is 43.8 Å². The fourth-order valence-electron chi connectivity index (χ4n) is 2.99. The highest BCUT2D eigenvalue weighted by Crippen LogP contribution is 2.24. The summed E-state index contributed by atoms with van der Waals surface area (Å²) in [4.78, 5) is 22.2. The molecule has 6 heteroatoms. The predicted molar refractivity (Wildman–Crippen MR) is 91.5 cm³/mol.